The van der Waals surface area contributed by atoms with Crippen LogP contribution in [-0.4, -0.2) is 20.2 Å². The van der Waals surface area contributed by atoms with Gasteiger partial charge in [0.15, 0.2) is 5.76 Å². The lowest BCUT2D eigenvalue weighted by Gasteiger charge is -2.13. The molecule has 0 aliphatic heterocycles. The highest BCUT2D eigenvalue weighted by Gasteiger charge is 2.29. The Balaban J connectivity index is 1.96. The van der Waals surface area contributed by atoms with Crippen molar-refractivity contribution in [2.75, 3.05) is 0 Å². The molecule has 0 bridgehead atoms. The average Bonchev–Trinajstić information content (AvgIpc) is 3.13. The minimum absolute atomic E-state index is 0.136. The van der Waals surface area contributed by atoms with E-state index in [4.69, 9.17) is 27.7 Å². The Labute approximate surface area is 169 Å². The number of aliphatic hydroxyl groups is 1. The molecule has 8 heteroatoms. The van der Waals surface area contributed by atoms with Gasteiger partial charge in [0, 0.05) is 34.1 Å². The fourth-order valence-corrected chi connectivity index (χ4v) is 3.27. The fourth-order valence-electron chi connectivity index (χ4n) is 2.88. The van der Waals surface area contributed by atoms with Crippen LogP contribution in [-0.2, 0) is 0 Å². The number of hydrogen-bond acceptors (Lipinski definition) is 5. The molecule has 0 fully saturated rings. The van der Waals surface area contributed by atoms with Gasteiger partial charge in [-0.05, 0) is 30.3 Å². The number of aromatic nitrogens is 3. The van der Waals surface area contributed by atoms with Gasteiger partial charge in [-0.3, -0.25) is 0 Å². The molecule has 28 heavy (non-hydrogen) atoms. The third-order valence-corrected chi connectivity index (χ3v) is 4.77. The zero-order valence-electron chi connectivity index (χ0n) is 14.2. The maximum Gasteiger partial charge on any atom is 0.175 e. The van der Waals surface area contributed by atoms with Crippen molar-refractivity contribution < 1.29 is 14.0 Å². The van der Waals surface area contributed by atoms with Crippen molar-refractivity contribution in [1.29, 1.82) is 0 Å². The van der Waals surface area contributed by atoms with Crippen molar-refractivity contribution in [2.24, 2.45) is 0 Å². The van der Waals surface area contributed by atoms with Crippen molar-refractivity contribution in [3.8, 4) is 22.6 Å². The van der Waals surface area contributed by atoms with Gasteiger partial charge in [0.05, 0.1) is 10.6 Å². The second-order valence-electron chi connectivity index (χ2n) is 5.95. The van der Waals surface area contributed by atoms with E-state index in [1.54, 1.807) is 24.3 Å². The molecular weight excluding hydrogens is 404 g/mol. The summed E-state index contributed by atoms with van der Waals surface area (Å²) >= 11 is 12.2. The van der Waals surface area contributed by atoms with Crippen LogP contribution < -0.4 is 0 Å². The zero-order chi connectivity index (χ0) is 19.7. The molecule has 4 rings (SSSR count). The molecule has 0 radical (unpaired) electrons. The molecule has 1 unspecified atom stereocenters. The number of rotatable bonds is 4. The third-order valence-electron chi connectivity index (χ3n) is 4.20. The van der Waals surface area contributed by atoms with Gasteiger partial charge in [-0.1, -0.05) is 40.5 Å². The first-order valence-corrected chi connectivity index (χ1v) is 8.94. The summed E-state index contributed by atoms with van der Waals surface area (Å²) in [5.41, 5.74) is 1.44. The molecule has 2 aromatic heterocycles. The molecule has 140 valence electrons. The number of hydrogen-bond donors (Lipinski definition) is 1. The quantitative estimate of drug-likeness (QED) is 0.487. The number of halogens is 3. The predicted molar refractivity (Wildman–Crippen MR) is 103 cm³/mol. The van der Waals surface area contributed by atoms with E-state index in [1.165, 1.54) is 36.9 Å². The van der Waals surface area contributed by atoms with Crippen molar-refractivity contribution in [2.45, 2.75) is 6.10 Å². The first kappa shape index (κ1) is 18.6. The van der Waals surface area contributed by atoms with Crippen LogP contribution in [0, 0.1) is 5.82 Å². The van der Waals surface area contributed by atoms with Crippen molar-refractivity contribution >= 4 is 23.2 Å². The van der Waals surface area contributed by atoms with Crippen LogP contribution in [0.4, 0.5) is 4.39 Å². The lowest BCUT2D eigenvalue weighted by molar-refractivity contribution is 0.219. The topological polar surface area (TPSA) is 72.0 Å². The van der Waals surface area contributed by atoms with E-state index >= 15 is 0 Å². The first-order valence-electron chi connectivity index (χ1n) is 8.19. The molecule has 0 aliphatic carbocycles. The fraction of sp³-hybridized carbons (Fsp3) is 0.0500. The molecule has 4 aromatic rings. The van der Waals surface area contributed by atoms with E-state index in [1.807, 2.05) is 0 Å². The minimum atomic E-state index is -1.22. The third kappa shape index (κ3) is 3.38. The Kier molecular flexibility index (Phi) is 5.09. The van der Waals surface area contributed by atoms with E-state index in [9.17, 15) is 9.50 Å². The smallest absolute Gasteiger partial charge is 0.175 e. The standard InChI is InChI=1S/C20H12Cl2FN3O2/c21-12-5-6-14(16(23)7-12)18-17(19(27)11-8-24-10-25-9-11)20(28-26-18)13-3-1-2-4-15(13)22/h1-10,19,27H. The Bertz CT molecular complexity index is 1140. The van der Waals surface area contributed by atoms with Gasteiger partial charge in [-0.2, -0.15) is 0 Å². The number of benzene rings is 2. The molecule has 0 spiro atoms. The van der Waals surface area contributed by atoms with Gasteiger partial charge in [0.2, 0.25) is 0 Å². The average molecular weight is 416 g/mol. The van der Waals surface area contributed by atoms with Crippen LogP contribution in [0.3, 0.4) is 0 Å². The second-order valence-corrected chi connectivity index (χ2v) is 6.80. The Morgan fingerprint density at radius 3 is 2.46 bits per heavy atom. The Morgan fingerprint density at radius 2 is 1.75 bits per heavy atom. The lowest BCUT2D eigenvalue weighted by Crippen LogP contribution is -2.04. The monoisotopic (exact) mass is 415 g/mol. The van der Waals surface area contributed by atoms with E-state index < -0.39 is 11.9 Å². The number of aliphatic hydroxyl groups excluding tert-OH is 1. The highest BCUT2D eigenvalue weighted by atomic mass is 35.5. The summed E-state index contributed by atoms with van der Waals surface area (Å²) in [6.07, 6.45) is 3.05. The summed E-state index contributed by atoms with van der Waals surface area (Å²) < 4.78 is 20.1. The maximum atomic E-state index is 14.6. The van der Waals surface area contributed by atoms with E-state index in [-0.39, 0.29) is 27.6 Å². The van der Waals surface area contributed by atoms with Crippen LogP contribution in [0.2, 0.25) is 10.0 Å². The van der Waals surface area contributed by atoms with Gasteiger partial charge >= 0.3 is 0 Å². The SMILES string of the molecule is OC(c1cncnc1)c1c(-c2ccc(Cl)cc2F)noc1-c1ccccc1Cl. The molecular formula is C20H12Cl2FN3O2. The highest BCUT2D eigenvalue weighted by Crippen LogP contribution is 2.41. The summed E-state index contributed by atoms with van der Waals surface area (Å²) in [6.45, 7) is 0. The maximum absolute atomic E-state index is 14.6. The number of nitrogens with zero attached hydrogens (tertiary/aromatic N) is 3. The van der Waals surface area contributed by atoms with E-state index in [2.05, 4.69) is 15.1 Å². The molecule has 2 aromatic carbocycles. The summed E-state index contributed by atoms with van der Waals surface area (Å²) in [5.74, 6) is -0.365. The molecule has 2 heterocycles. The van der Waals surface area contributed by atoms with E-state index in [0.717, 1.165) is 0 Å². The minimum Gasteiger partial charge on any atom is -0.383 e. The predicted octanol–water partition coefficient (Wildman–Crippen LogP) is 5.33. The Morgan fingerprint density at radius 1 is 1.00 bits per heavy atom. The summed E-state index contributed by atoms with van der Waals surface area (Å²) in [6, 6.07) is 11.1. The van der Waals surface area contributed by atoms with Crippen LogP contribution in [0.1, 0.15) is 17.2 Å². The molecule has 0 amide bonds. The first-order chi connectivity index (χ1) is 13.6. The van der Waals surface area contributed by atoms with Gasteiger partial charge in [0.25, 0.3) is 0 Å². The molecule has 1 atom stereocenters. The van der Waals surface area contributed by atoms with Gasteiger partial charge in [0.1, 0.15) is 23.9 Å². The molecule has 5 nitrogen and oxygen atoms in total. The lowest BCUT2D eigenvalue weighted by atomic mass is 9.95. The van der Waals surface area contributed by atoms with Crippen LogP contribution in [0.5, 0.6) is 0 Å². The van der Waals surface area contributed by atoms with Gasteiger partial charge in [-0.25, -0.2) is 14.4 Å². The summed E-state index contributed by atoms with van der Waals surface area (Å²) in [7, 11) is 0. The molecule has 0 saturated heterocycles. The van der Waals surface area contributed by atoms with Crippen molar-refractivity contribution in [3.05, 3.63) is 88.2 Å². The summed E-state index contributed by atoms with van der Waals surface area (Å²) in [5, 5.41) is 15.7. The Hall–Kier alpha value is -2.80. The van der Waals surface area contributed by atoms with Gasteiger partial charge in [-0.15, -0.1) is 0 Å². The molecule has 1 N–H and O–H groups in total. The van der Waals surface area contributed by atoms with Crippen molar-refractivity contribution in [3.63, 3.8) is 0 Å². The zero-order valence-corrected chi connectivity index (χ0v) is 15.7. The van der Waals surface area contributed by atoms with E-state index in [0.29, 0.717) is 16.1 Å². The normalized spacial score (nSPS) is 12.1. The van der Waals surface area contributed by atoms with Gasteiger partial charge < -0.3 is 9.63 Å². The second kappa shape index (κ2) is 7.67. The van der Waals surface area contributed by atoms with Crippen molar-refractivity contribution in [1.82, 2.24) is 15.1 Å². The summed E-state index contributed by atoms with van der Waals surface area (Å²) in [4.78, 5) is 7.85. The highest BCUT2D eigenvalue weighted by molar-refractivity contribution is 6.33. The molecule has 0 aliphatic rings. The largest absolute Gasteiger partial charge is 0.383 e. The van der Waals surface area contributed by atoms with Crippen LogP contribution in [0.15, 0.2) is 65.7 Å². The van der Waals surface area contributed by atoms with Crippen LogP contribution >= 0.6 is 23.2 Å². The molecule has 0 saturated carbocycles. The van der Waals surface area contributed by atoms with Crippen LogP contribution in [0.25, 0.3) is 22.6 Å².